The zero-order valence-electron chi connectivity index (χ0n) is 8.42. The summed E-state index contributed by atoms with van der Waals surface area (Å²) in [6.45, 7) is 0. The van der Waals surface area contributed by atoms with Crippen LogP contribution in [0.2, 0.25) is 0 Å². The van der Waals surface area contributed by atoms with Gasteiger partial charge in [-0.3, -0.25) is 0 Å². The van der Waals surface area contributed by atoms with Crippen molar-refractivity contribution in [1.29, 1.82) is 0 Å². The molecule has 1 aromatic rings. The molecule has 0 fully saturated rings. The van der Waals surface area contributed by atoms with Gasteiger partial charge in [-0.05, 0) is 11.6 Å². The molecule has 2 rings (SSSR count). The van der Waals surface area contributed by atoms with E-state index in [4.69, 9.17) is 4.74 Å². The van der Waals surface area contributed by atoms with Gasteiger partial charge in [0.25, 0.3) is 0 Å². The topological polar surface area (TPSA) is 69.9 Å². The first-order valence-corrected chi connectivity index (χ1v) is 4.86. The Morgan fingerprint density at radius 2 is 2.00 bits per heavy atom. The molecule has 0 bridgehead atoms. The molecule has 0 saturated carbocycles. The smallest absolute Gasteiger partial charge is 0.125 e. The van der Waals surface area contributed by atoms with Crippen molar-refractivity contribution in [3.05, 3.63) is 29.3 Å². The van der Waals surface area contributed by atoms with Crippen molar-refractivity contribution in [2.45, 2.75) is 24.7 Å². The van der Waals surface area contributed by atoms with Crippen LogP contribution in [0.1, 0.15) is 29.8 Å². The molecule has 0 unspecified atom stereocenters. The van der Waals surface area contributed by atoms with Crippen LogP contribution in [-0.4, -0.2) is 28.5 Å². The van der Waals surface area contributed by atoms with Crippen LogP contribution in [0.4, 0.5) is 0 Å². The molecule has 0 heterocycles. The van der Waals surface area contributed by atoms with Crippen molar-refractivity contribution in [2.75, 3.05) is 7.11 Å². The third-order valence-corrected chi connectivity index (χ3v) is 2.80. The highest BCUT2D eigenvalue weighted by molar-refractivity contribution is 5.45. The monoisotopic (exact) mass is 210 g/mol. The van der Waals surface area contributed by atoms with Crippen LogP contribution in [0.25, 0.3) is 0 Å². The van der Waals surface area contributed by atoms with Gasteiger partial charge >= 0.3 is 0 Å². The second-order valence-electron chi connectivity index (χ2n) is 3.73. The van der Waals surface area contributed by atoms with Gasteiger partial charge in [0.15, 0.2) is 0 Å². The van der Waals surface area contributed by atoms with Gasteiger partial charge in [0.2, 0.25) is 0 Å². The normalized spacial score (nSPS) is 29.7. The van der Waals surface area contributed by atoms with Crippen molar-refractivity contribution in [1.82, 2.24) is 0 Å². The van der Waals surface area contributed by atoms with E-state index in [0.29, 0.717) is 16.9 Å². The maximum Gasteiger partial charge on any atom is 0.125 e. The molecule has 0 aliphatic heterocycles. The van der Waals surface area contributed by atoms with Crippen molar-refractivity contribution >= 4 is 0 Å². The maximum atomic E-state index is 9.82. The standard InChI is InChI=1S/C11H14O4/c1-15-9-4-2-3-6-7(12)5-8(13)11(14)10(6)9/h2-4,7-8,11-14H,5H2,1H3/t7-,8+,11-/m1/s1. The molecule has 0 aromatic heterocycles. The molecule has 15 heavy (non-hydrogen) atoms. The second-order valence-corrected chi connectivity index (χ2v) is 3.73. The molecule has 4 heteroatoms. The van der Waals surface area contributed by atoms with E-state index in [-0.39, 0.29) is 6.42 Å². The minimum absolute atomic E-state index is 0.154. The molecule has 0 spiro atoms. The molecule has 0 saturated heterocycles. The zero-order chi connectivity index (χ0) is 11.0. The number of hydrogen-bond donors (Lipinski definition) is 3. The lowest BCUT2D eigenvalue weighted by Gasteiger charge is -2.31. The summed E-state index contributed by atoms with van der Waals surface area (Å²) >= 11 is 0. The average Bonchev–Trinajstić information content (AvgIpc) is 2.25. The second kappa shape index (κ2) is 3.81. The average molecular weight is 210 g/mol. The summed E-state index contributed by atoms with van der Waals surface area (Å²) in [5.74, 6) is 0.498. The highest BCUT2D eigenvalue weighted by Crippen LogP contribution is 2.40. The van der Waals surface area contributed by atoms with Crippen LogP contribution < -0.4 is 4.74 Å². The Morgan fingerprint density at radius 1 is 1.27 bits per heavy atom. The molecule has 4 nitrogen and oxygen atoms in total. The first kappa shape index (κ1) is 10.4. The van der Waals surface area contributed by atoms with Gasteiger partial charge in [-0.2, -0.15) is 0 Å². The predicted octanol–water partition coefficient (Wildman–Crippen LogP) is 0.527. The summed E-state index contributed by atoms with van der Waals surface area (Å²) in [7, 11) is 1.50. The van der Waals surface area contributed by atoms with Gasteiger partial charge in [0.05, 0.1) is 19.3 Å². The summed E-state index contributed by atoms with van der Waals surface area (Å²) < 4.78 is 5.10. The van der Waals surface area contributed by atoms with Gasteiger partial charge < -0.3 is 20.1 Å². The van der Waals surface area contributed by atoms with Crippen LogP contribution in [0.3, 0.4) is 0 Å². The highest BCUT2D eigenvalue weighted by atomic mass is 16.5. The maximum absolute atomic E-state index is 9.82. The van der Waals surface area contributed by atoms with Crippen LogP contribution in [-0.2, 0) is 0 Å². The molecular formula is C11H14O4. The van der Waals surface area contributed by atoms with Gasteiger partial charge in [-0.1, -0.05) is 12.1 Å². The zero-order valence-corrected chi connectivity index (χ0v) is 8.42. The van der Waals surface area contributed by atoms with E-state index in [2.05, 4.69) is 0 Å². The van der Waals surface area contributed by atoms with Crippen LogP contribution in [0.5, 0.6) is 5.75 Å². The summed E-state index contributed by atoms with van der Waals surface area (Å²) in [5.41, 5.74) is 1.12. The molecule has 1 aliphatic carbocycles. The molecule has 0 radical (unpaired) electrons. The van der Waals surface area contributed by atoms with Crippen LogP contribution in [0, 0.1) is 0 Å². The molecular weight excluding hydrogens is 196 g/mol. The van der Waals surface area contributed by atoms with Gasteiger partial charge in [0.1, 0.15) is 11.9 Å². The summed E-state index contributed by atoms with van der Waals surface area (Å²) in [6.07, 6.45) is -2.52. The first-order valence-electron chi connectivity index (χ1n) is 4.86. The van der Waals surface area contributed by atoms with Gasteiger partial charge in [-0.25, -0.2) is 0 Å². The predicted molar refractivity (Wildman–Crippen MR) is 53.5 cm³/mol. The van der Waals surface area contributed by atoms with Crippen molar-refractivity contribution < 1.29 is 20.1 Å². The Bertz CT molecular complexity index is 364. The molecule has 1 aliphatic rings. The third-order valence-electron chi connectivity index (χ3n) is 2.80. The van der Waals surface area contributed by atoms with E-state index in [0.717, 1.165) is 0 Å². The van der Waals surface area contributed by atoms with Crippen molar-refractivity contribution in [3.63, 3.8) is 0 Å². The first-order chi connectivity index (χ1) is 7.15. The number of hydrogen-bond acceptors (Lipinski definition) is 4. The number of aliphatic hydroxyl groups excluding tert-OH is 3. The van der Waals surface area contributed by atoms with Crippen LogP contribution >= 0.6 is 0 Å². The van der Waals surface area contributed by atoms with Crippen LogP contribution in [0.15, 0.2) is 18.2 Å². The van der Waals surface area contributed by atoms with Gasteiger partial charge in [-0.15, -0.1) is 0 Å². The minimum atomic E-state index is -0.987. The third kappa shape index (κ3) is 1.61. The lowest BCUT2D eigenvalue weighted by Crippen LogP contribution is -2.28. The summed E-state index contributed by atoms with van der Waals surface area (Å²) in [6, 6.07) is 5.19. The number of rotatable bonds is 1. The Hall–Kier alpha value is -1.10. The Balaban J connectivity index is 2.55. The Kier molecular flexibility index (Phi) is 2.65. The van der Waals surface area contributed by atoms with Gasteiger partial charge in [0, 0.05) is 12.0 Å². The quantitative estimate of drug-likeness (QED) is 0.632. The summed E-state index contributed by atoms with van der Waals surface area (Å²) in [4.78, 5) is 0. The van der Waals surface area contributed by atoms with E-state index >= 15 is 0 Å². The van der Waals surface area contributed by atoms with E-state index in [1.807, 2.05) is 0 Å². The molecule has 3 N–H and O–H groups in total. The number of ether oxygens (including phenoxy) is 1. The van der Waals surface area contributed by atoms with Crippen molar-refractivity contribution in [2.24, 2.45) is 0 Å². The summed E-state index contributed by atoms with van der Waals surface area (Å²) in [5, 5.41) is 29.1. The number of benzene rings is 1. The Morgan fingerprint density at radius 3 is 2.67 bits per heavy atom. The van der Waals surface area contributed by atoms with E-state index < -0.39 is 18.3 Å². The number of aliphatic hydroxyl groups is 3. The fraction of sp³-hybridized carbons (Fsp3) is 0.455. The molecule has 82 valence electrons. The SMILES string of the molecule is COc1cccc2c1[C@H](O)[C@@H](O)C[C@H]2O. The lowest BCUT2D eigenvalue weighted by atomic mass is 9.85. The van der Waals surface area contributed by atoms with E-state index in [1.54, 1.807) is 18.2 Å². The largest absolute Gasteiger partial charge is 0.496 e. The molecule has 0 amide bonds. The minimum Gasteiger partial charge on any atom is -0.496 e. The van der Waals surface area contributed by atoms with Crippen molar-refractivity contribution in [3.8, 4) is 5.75 Å². The van der Waals surface area contributed by atoms with E-state index in [1.165, 1.54) is 7.11 Å². The number of methoxy groups -OCH3 is 1. The van der Waals surface area contributed by atoms with E-state index in [9.17, 15) is 15.3 Å². The molecule has 3 atom stereocenters. The Labute approximate surface area is 87.7 Å². The highest BCUT2D eigenvalue weighted by Gasteiger charge is 2.33. The fourth-order valence-corrected chi connectivity index (χ4v) is 2.02. The number of fused-ring (bicyclic) bond motifs is 1. The fourth-order valence-electron chi connectivity index (χ4n) is 2.02. The molecule has 1 aromatic carbocycles. The lowest BCUT2D eigenvalue weighted by molar-refractivity contribution is -0.0299.